The molecule has 4 heteroatoms. The SMILES string of the molecule is CCNC(Cc1ccc(CC)s1)Cc1ccc(F)cc1F. The molecule has 0 saturated heterocycles. The summed E-state index contributed by atoms with van der Waals surface area (Å²) < 4.78 is 26.8. The van der Waals surface area contributed by atoms with Crippen molar-refractivity contribution in [2.45, 2.75) is 39.2 Å². The molecule has 1 aromatic carbocycles. The van der Waals surface area contributed by atoms with E-state index in [1.54, 1.807) is 6.07 Å². The molecule has 0 spiro atoms. The molecule has 21 heavy (non-hydrogen) atoms. The van der Waals surface area contributed by atoms with Crippen molar-refractivity contribution in [1.29, 1.82) is 0 Å². The fraction of sp³-hybridized carbons (Fsp3) is 0.412. The molecule has 0 saturated carbocycles. The van der Waals surface area contributed by atoms with E-state index in [4.69, 9.17) is 0 Å². The number of rotatable bonds is 7. The van der Waals surface area contributed by atoms with Crippen LogP contribution in [0.5, 0.6) is 0 Å². The van der Waals surface area contributed by atoms with Crippen molar-refractivity contribution >= 4 is 11.3 Å². The first-order valence-electron chi connectivity index (χ1n) is 7.37. The van der Waals surface area contributed by atoms with Gasteiger partial charge in [-0.05, 0) is 49.6 Å². The van der Waals surface area contributed by atoms with Gasteiger partial charge in [0.2, 0.25) is 0 Å². The van der Waals surface area contributed by atoms with E-state index >= 15 is 0 Å². The topological polar surface area (TPSA) is 12.0 Å². The predicted octanol–water partition coefficient (Wildman–Crippen LogP) is 4.35. The summed E-state index contributed by atoms with van der Waals surface area (Å²) in [5.74, 6) is -0.986. The van der Waals surface area contributed by atoms with Crippen LogP contribution in [0.4, 0.5) is 8.78 Å². The Balaban J connectivity index is 2.07. The summed E-state index contributed by atoms with van der Waals surface area (Å²) in [5.41, 5.74) is 0.564. The lowest BCUT2D eigenvalue weighted by Crippen LogP contribution is -2.33. The third-order valence-electron chi connectivity index (χ3n) is 3.49. The van der Waals surface area contributed by atoms with Gasteiger partial charge in [-0.25, -0.2) is 8.78 Å². The predicted molar refractivity (Wildman–Crippen MR) is 84.9 cm³/mol. The number of thiophene rings is 1. The summed E-state index contributed by atoms with van der Waals surface area (Å²) in [7, 11) is 0. The first-order valence-corrected chi connectivity index (χ1v) is 8.19. The van der Waals surface area contributed by atoms with Gasteiger partial charge < -0.3 is 5.32 Å². The molecule has 0 amide bonds. The molecule has 1 heterocycles. The van der Waals surface area contributed by atoms with Crippen molar-refractivity contribution in [2.75, 3.05) is 6.54 Å². The summed E-state index contributed by atoms with van der Waals surface area (Å²) in [5, 5.41) is 3.39. The molecule has 114 valence electrons. The number of aryl methyl sites for hydroxylation is 1. The molecule has 2 rings (SSSR count). The standard InChI is InChI=1S/C17H21F2NS/c1-3-15-7-8-16(21-15)11-14(20-4-2)9-12-5-6-13(18)10-17(12)19/h5-8,10,14,20H,3-4,9,11H2,1-2H3. The Bertz CT molecular complexity index is 580. The van der Waals surface area contributed by atoms with Crippen LogP contribution in [0.1, 0.15) is 29.2 Å². The van der Waals surface area contributed by atoms with Crippen LogP contribution in [-0.4, -0.2) is 12.6 Å². The lowest BCUT2D eigenvalue weighted by atomic mass is 10.0. The molecule has 1 aromatic heterocycles. The first-order chi connectivity index (χ1) is 10.1. The number of hydrogen-bond acceptors (Lipinski definition) is 2. The molecule has 0 bridgehead atoms. The molecule has 0 aliphatic heterocycles. The van der Waals surface area contributed by atoms with E-state index in [9.17, 15) is 8.78 Å². The van der Waals surface area contributed by atoms with Crippen LogP contribution >= 0.6 is 11.3 Å². The van der Waals surface area contributed by atoms with E-state index in [0.717, 1.165) is 25.5 Å². The number of hydrogen-bond donors (Lipinski definition) is 1. The van der Waals surface area contributed by atoms with Gasteiger partial charge in [0.15, 0.2) is 0 Å². The fourth-order valence-corrected chi connectivity index (χ4v) is 3.46. The maximum atomic E-state index is 13.8. The maximum Gasteiger partial charge on any atom is 0.129 e. The quantitative estimate of drug-likeness (QED) is 0.801. The molecule has 1 N–H and O–H groups in total. The van der Waals surface area contributed by atoms with E-state index in [-0.39, 0.29) is 6.04 Å². The van der Waals surface area contributed by atoms with Crippen molar-refractivity contribution in [2.24, 2.45) is 0 Å². The van der Waals surface area contributed by atoms with Crippen LogP contribution in [0.3, 0.4) is 0 Å². The van der Waals surface area contributed by atoms with Crippen molar-refractivity contribution in [3.8, 4) is 0 Å². The van der Waals surface area contributed by atoms with Crippen LogP contribution < -0.4 is 5.32 Å². The van der Waals surface area contributed by atoms with Crippen LogP contribution in [0.2, 0.25) is 0 Å². The Morgan fingerprint density at radius 1 is 1.05 bits per heavy atom. The highest BCUT2D eigenvalue weighted by molar-refractivity contribution is 7.11. The number of benzene rings is 1. The molecule has 1 nitrogen and oxygen atoms in total. The van der Waals surface area contributed by atoms with E-state index in [1.165, 1.54) is 15.8 Å². The number of likely N-dealkylation sites (N-methyl/N-ethyl adjacent to an activating group) is 1. The fourth-order valence-electron chi connectivity index (χ4n) is 2.42. The Morgan fingerprint density at radius 3 is 2.43 bits per heavy atom. The second kappa shape index (κ2) is 7.66. The third-order valence-corrected chi connectivity index (χ3v) is 4.74. The zero-order valence-electron chi connectivity index (χ0n) is 12.5. The number of nitrogens with one attached hydrogen (secondary N) is 1. The summed E-state index contributed by atoms with van der Waals surface area (Å²) >= 11 is 1.81. The van der Waals surface area contributed by atoms with Crippen LogP contribution in [0.25, 0.3) is 0 Å². The molecule has 1 unspecified atom stereocenters. The molecule has 0 aliphatic carbocycles. The Labute approximate surface area is 129 Å². The van der Waals surface area contributed by atoms with Gasteiger partial charge in [-0.2, -0.15) is 0 Å². The summed E-state index contributed by atoms with van der Waals surface area (Å²) in [6, 6.07) is 8.29. The van der Waals surface area contributed by atoms with E-state index in [0.29, 0.717) is 12.0 Å². The number of halogens is 2. The Kier molecular flexibility index (Phi) is 5.88. The third kappa shape index (κ3) is 4.61. The van der Waals surface area contributed by atoms with Gasteiger partial charge in [0.1, 0.15) is 11.6 Å². The monoisotopic (exact) mass is 309 g/mol. The van der Waals surface area contributed by atoms with Gasteiger partial charge in [-0.3, -0.25) is 0 Å². The highest BCUT2D eigenvalue weighted by atomic mass is 32.1. The first kappa shape index (κ1) is 16.1. The van der Waals surface area contributed by atoms with Gasteiger partial charge in [-0.15, -0.1) is 11.3 Å². The average Bonchev–Trinajstić information content (AvgIpc) is 2.90. The molecule has 2 aromatic rings. The zero-order valence-corrected chi connectivity index (χ0v) is 13.3. The minimum atomic E-state index is -0.526. The van der Waals surface area contributed by atoms with Crippen LogP contribution in [0.15, 0.2) is 30.3 Å². The molecule has 0 radical (unpaired) electrons. The zero-order chi connectivity index (χ0) is 15.2. The Morgan fingerprint density at radius 2 is 1.81 bits per heavy atom. The summed E-state index contributed by atoms with van der Waals surface area (Å²) in [6.45, 7) is 5.02. The minimum Gasteiger partial charge on any atom is -0.314 e. The van der Waals surface area contributed by atoms with Gasteiger partial charge >= 0.3 is 0 Å². The highest BCUT2D eigenvalue weighted by Crippen LogP contribution is 2.20. The highest BCUT2D eigenvalue weighted by Gasteiger charge is 2.14. The Hall–Kier alpha value is -1.26. The van der Waals surface area contributed by atoms with Gasteiger partial charge in [-0.1, -0.05) is 19.9 Å². The summed E-state index contributed by atoms with van der Waals surface area (Å²) in [4.78, 5) is 2.67. The van der Waals surface area contributed by atoms with Gasteiger partial charge in [0.25, 0.3) is 0 Å². The second-order valence-electron chi connectivity index (χ2n) is 5.12. The largest absolute Gasteiger partial charge is 0.314 e. The lowest BCUT2D eigenvalue weighted by molar-refractivity contribution is 0.504. The van der Waals surface area contributed by atoms with Gasteiger partial charge in [0, 0.05) is 21.9 Å². The van der Waals surface area contributed by atoms with Crippen molar-refractivity contribution in [1.82, 2.24) is 5.32 Å². The minimum absolute atomic E-state index is 0.165. The van der Waals surface area contributed by atoms with Gasteiger partial charge in [0.05, 0.1) is 0 Å². The average molecular weight is 309 g/mol. The van der Waals surface area contributed by atoms with Crippen molar-refractivity contribution in [3.63, 3.8) is 0 Å². The second-order valence-corrected chi connectivity index (χ2v) is 6.37. The molecule has 0 fully saturated rings. The van der Waals surface area contributed by atoms with Crippen LogP contribution in [0, 0.1) is 11.6 Å². The van der Waals surface area contributed by atoms with E-state index in [2.05, 4.69) is 24.4 Å². The smallest absolute Gasteiger partial charge is 0.129 e. The molecular weight excluding hydrogens is 288 g/mol. The lowest BCUT2D eigenvalue weighted by Gasteiger charge is -2.17. The van der Waals surface area contributed by atoms with Crippen molar-refractivity contribution < 1.29 is 8.78 Å². The maximum absolute atomic E-state index is 13.8. The molecular formula is C17H21F2NS. The summed E-state index contributed by atoms with van der Waals surface area (Å²) in [6.07, 6.45) is 2.48. The van der Waals surface area contributed by atoms with E-state index in [1.807, 2.05) is 18.3 Å². The van der Waals surface area contributed by atoms with Crippen LogP contribution in [-0.2, 0) is 19.3 Å². The normalized spacial score (nSPS) is 12.6. The van der Waals surface area contributed by atoms with Crippen molar-refractivity contribution in [3.05, 3.63) is 57.3 Å². The molecule has 0 aliphatic rings. The van der Waals surface area contributed by atoms with E-state index < -0.39 is 11.6 Å². The molecule has 1 atom stereocenters.